The maximum Gasteiger partial charge on any atom is 0.356 e. The van der Waals surface area contributed by atoms with Gasteiger partial charge < -0.3 is 25.7 Å². The van der Waals surface area contributed by atoms with E-state index in [0.717, 1.165) is 16.2 Å². The number of thiazole rings is 1. The number of β-lactam (4-membered cyclic amide) rings is 1. The fraction of sp³-hybridized carbons (Fsp3) is 0.353. The molecular formula is C17H16ClN7O6S3. The first-order valence-corrected chi connectivity index (χ1v) is 12.8. The van der Waals surface area contributed by atoms with E-state index in [2.05, 4.69) is 25.7 Å². The Morgan fingerprint density at radius 1 is 1.47 bits per heavy atom. The summed E-state index contributed by atoms with van der Waals surface area (Å²) in [6.45, 7) is 0.0491. The number of nitrogen functional groups attached to an aromatic ring is 1. The molecule has 4 heterocycles. The van der Waals surface area contributed by atoms with E-state index in [0.29, 0.717) is 4.34 Å². The molecule has 2 aliphatic heterocycles. The SMILES string of the molecule is Nc1nc(/C(=N/OCCCl)C(=O)NC2C(=O)N3C(C(=O)O)=C(CSc4nncs4)OCC23)cs1. The lowest BCUT2D eigenvalue weighted by atomic mass is 9.92. The molecule has 0 saturated carbocycles. The molecule has 2 aliphatic rings. The smallest absolute Gasteiger partial charge is 0.356 e. The Labute approximate surface area is 209 Å². The number of amides is 2. The molecule has 0 aliphatic carbocycles. The maximum atomic E-state index is 12.9. The van der Waals surface area contributed by atoms with Gasteiger partial charge in [0, 0.05) is 5.38 Å². The number of carbonyl (C=O) groups is 3. The van der Waals surface area contributed by atoms with Gasteiger partial charge >= 0.3 is 5.97 Å². The number of hydrogen-bond acceptors (Lipinski definition) is 13. The fourth-order valence-corrected chi connectivity index (χ4v) is 5.23. The second-order valence-electron chi connectivity index (χ2n) is 6.64. The van der Waals surface area contributed by atoms with E-state index >= 15 is 0 Å². The highest BCUT2D eigenvalue weighted by molar-refractivity contribution is 8.01. The molecule has 1 fully saturated rings. The lowest BCUT2D eigenvalue weighted by molar-refractivity contribution is -0.160. The van der Waals surface area contributed by atoms with Gasteiger partial charge in [-0.15, -0.1) is 33.1 Å². The lowest BCUT2D eigenvalue weighted by Gasteiger charge is -2.49. The van der Waals surface area contributed by atoms with Gasteiger partial charge in [0.2, 0.25) is 0 Å². The van der Waals surface area contributed by atoms with Crippen LogP contribution < -0.4 is 11.1 Å². The Hall–Kier alpha value is -2.95. The number of nitrogens with two attached hydrogens (primary N) is 1. The third kappa shape index (κ3) is 4.94. The predicted molar refractivity (Wildman–Crippen MR) is 124 cm³/mol. The molecule has 34 heavy (non-hydrogen) atoms. The molecule has 1 saturated heterocycles. The molecule has 4 rings (SSSR count). The van der Waals surface area contributed by atoms with Crippen molar-refractivity contribution in [3.63, 3.8) is 0 Å². The number of aliphatic carboxylic acids is 1. The minimum absolute atomic E-state index is 0.00163. The Bertz CT molecular complexity index is 1150. The van der Waals surface area contributed by atoms with Gasteiger partial charge in [0.1, 0.15) is 42.3 Å². The Morgan fingerprint density at radius 3 is 2.94 bits per heavy atom. The zero-order valence-electron chi connectivity index (χ0n) is 17.0. The van der Waals surface area contributed by atoms with Crippen LogP contribution in [0.5, 0.6) is 0 Å². The van der Waals surface area contributed by atoms with E-state index in [-0.39, 0.29) is 52.8 Å². The van der Waals surface area contributed by atoms with Crippen LogP contribution in [0.1, 0.15) is 5.69 Å². The highest BCUT2D eigenvalue weighted by Gasteiger charge is 2.55. The van der Waals surface area contributed by atoms with Crippen molar-refractivity contribution in [2.24, 2.45) is 5.16 Å². The van der Waals surface area contributed by atoms with Crippen molar-refractivity contribution in [3.05, 3.63) is 28.0 Å². The number of thioether (sulfide) groups is 1. The predicted octanol–water partition coefficient (Wildman–Crippen LogP) is 0.351. The van der Waals surface area contributed by atoms with Crippen LogP contribution in [0.2, 0.25) is 0 Å². The molecule has 2 aromatic rings. The normalized spacial score (nSPS) is 19.9. The van der Waals surface area contributed by atoms with Gasteiger partial charge in [-0.1, -0.05) is 28.3 Å². The number of alkyl halides is 1. The average Bonchev–Trinajstić information content (AvgIpc) is 3.49. The first-order chi connectivity index (χ1) is 16.4. The minimum Gasteiger partial charge on any atom is -0.492 e. The number of nitrogens with one attached hydrogen (secondary N) is 1. The van der Waals surface area contributed by atoms with E-state index < -0.39 is 29.9 Å². The first kappa shape index (κ1) is 24.2. The fourth-order valence-electron chi connectivity index (χ4n) is 3.18. The lowest BCUT2D eigenvalue weighted by Crippen LogP contribution is -2.73. The van der Waals surface area contributed by atoms with Crippen molar-refractivity contribution in [2.75, 3.05) is 30.6 Å². The topological polar surface area (TPSA) is 182 Å². The van der Waals surface area contributed by atoms with Gasteiger partial charge in [0.15, 0.2) is 20.9 Å². The number of rotatable bonds is 10. The van der Waals surface area contributed by atoms with E-state index in [1.54, 1.807) is 5.51 Å². The van der Waals surface area contributed by atoms with Crippen molar-refractivity contribution in [2.45, 2.75) is 16.4 Å². The van der Waals surface area contributed by atoms with Gasteiger partial charge in [-0.25, -0.2) is 9.78 Å². The van der Waals surface area contributed by atoms with Crippen molar-refractivity contribution >= 4 is 74.7 Å². The molecule has 0 radical (unpaired) electrons. The number of carbonyl (C=O) groups excluding carboxylic acids is 2. The number of halogens is 1. The van der Waals surface area contributed by atoms with Crippen LogP contribution in [-0.2, 0) is 24.0 Å². The van der Waals surface area contributed by atoms with Crippen LogP contribution in [0.3, 0.4) is 0 Å². The zero-order valence-corrected chi connectivity index (χ0v) is 20.2. The summed E-state index contributed by atoms with van der Waals surface area (Å²) in [6, 6.07) is -1.73. The largest absolute Gasteiger partial charge is 0.492 e. The molecule has 2 amide bonds. The zero-order chi connectivity index (χ0) is 24.2. The van der Waals surface area contributed by atoms with Crippen molar-refractivity contribution in [1.82, 2.24) is 25.4 Å². The standard InChI is InChI=1S/C17H16ClN7O6S3/c18-1-2-31-24-10(7-4-32-16(19)21-7)13(26)22-11-8-3-30-9(5-33-17-23-20-6-34-17)12(15(28)29)25(8)14(11)27/h4,6,8,11H,1-3,5H2,(H2,19,21)(H,22,26)(H,28,29)/b24-10-. The summed E-state index contributed by atoms with van der Waals surface area (Å²) in [5.41, 5.74) is 6.90. The molecule has 0 aromatic carbocycles. The molecule has 2 aromatic heterocycles. The molecule has 0 bridgehead atoms. The second-order valence-corrected chi connectivity index (χ2v) is 9.96. The third-order valence-electron chi connectivity index (χ3n) is 4.61. The minimum atomic E-state index is -1.31. The summed E-state index contributed by atoms with van der Waals surface area (Å²) < 4.78 is 6.30. The number of carboxylic acids is 1. The van der Waals surface area contributed by atoms with Gasteiger partial charge in [0.05, 0.1) is 11.6 Å². The van der Waals surface area contributed by atoms with Gasteiger partial charge in [-0.05, 0) is 0 Å². The van der Waals surface area contributed by atoms with Crippen LogP contribution in [-0.4, -0.2) is 85.6 Å². The van der Waals surface area contributed by atoms with Crippen LogP contribution in [0, 0.1) is 0 Å². The summed E-state index contributed by atoms with van der Waals surface area (Å²) >= 11 is 9.22. The first-order valence-electron chi connectivity index (χ1n) is 9.50. The molecule has 13 nitrogen and oxygen atoms in total. The van der Waals surface area contributed by atoms with E-state index in [4.69, 9.17) is 26.9 Å². The molecular weight excluding hydrogens is 530 g/mol. The summed E-state index contributed by atoms with van der Waals surface area (Å²) in [6.07, 6.45) is 0. The van der Waals surface area contributed by atoms with Crippen molar-refractivity contribution in [1.29, 1.82) is 0 Å². The summed E-state index contributed by atoms with van der Waals surface area (Å²) in [7, 11) is 0. The number of anilines is 1. The van der Waals surface area contributed by atoms with Gasteiger partial charge in [0.25, 0.3) is 11.8 Å². The molecule has 0 spiro atoms. The average molecular weight is 546 g/mol. The number of hydrogen-bond donors (Lipinski definition) is 3. The van der Waals surface area contributed by atoms with E-state index in [1.165, 1.54) is 28.5 Å². The van der Waals surface area contributed by atoms with Crippen LogP contribution in [0.15, 0.2) is 31.8 Å². The quantitative estimate of drug-likeness (QED) is 0.0934. The van der Waals surface area contributed by atoms with E-state index in [9.17, 15) is 19.5 Å². The van der Waals surface area contributed by atoms with Crippen molar-refractivity contribution in [3.8, 4) is 0 Å². The summed E-state index contributed by atoms with van der Waals surface area (Å²) in [5, 5.41) is 25.4. The summed E-state index contributed by atoms with van der Waals surface area (Å²) in [4.78, 5) is 47.8. The molecule has 2 unspecified atom stereocenters. The molecule has 4 N–H and O–H groups in total. The van der Waals surface area contributed by atoms with Crippen LogP contribution in [0.4, 0.5) is 5.13 Å². The molecule has 2 atom stereocenters. The maximum absolute atomic E-state index is 12.9. The van der Waals surface area contributed by atoms with Crippen molar-refractivity contribution < 1.29 is 29.1 Å². The molecule has 17 heteroatoms. The third-order valence-corrected chi connectivity index (χ3v) is 7.30. The number of nitrogens with zero attached hydrogens (tertiary/aromatic N) is 5. The Kier molecular flexibility index (Phi) is 7.50. The number of carboxylic acid groups (broad SMARTS) is 1. The Morgan fingerprint density at radius 2 is 2.29 bits per heavy atom. The van der Waals surface area contributed by atoms with Crippen LogP contribution >= 0.6 is 46.0 Å². The number of ether oxygens (including phenoxy) is 1. The molecule has 180 valence electrons. The van der Waals surface area contributed by atoms with E-state index in [1.807, 2.05) is 0 Å². The second kappa shape index (κ2) is 10.5. The van der Waals surface area contributed by atoms with Crippen LogP contribution in [0.25, 0.3) is 0 Å². The summed E-state index contributed by atoms with van der Waals surface area (Å²) in [5.74, 6) is -2.20. The number of oxime groups is 1. The highest BCUT2D eigenvalue weighted by Crippen LogP contribution is 2.35. The van der Waals surface area contributed by atoms with Gasteiger partial charge in [-0.2, -0.15) is 0 Å². The monoisotopic (exact) mass is 545 g/mol. The number of fused-ring (bicyclic) bond motifs is 1. The highest BCUT2D eigenvalue weighted by atomic mass is 35.5. The number of aromatic nitrogens is 3. The van der Waals surface area contributed by atoms with Gasteiger partial charge in [-0.3, -0.25) is 14.5 Å². The Balaban J connectivity index is 1.49.